The normalized spacial score (nSPS) is 10.2. The lowest BCUT2D eigenvalue weighted by molar-refractivity contribution is -0.118. The van der Waals surface area contributed by atoms with Gasteiger partial charge in [-0.15, -0.1) is 0 Å². The molecule has 0 aromatic carbocycles. The van der Waals surface area contributed by atoms with Crippen molar-refractivity contribution in [2.75, 3.05) is 6.54 Å². The fourth-order valence-electron chi connectivity index (χ4n) is 1.39. The zero-order valence-corrected chi connectivity index (χ0v) is 9.00. The fourth-order valence-corrected chi connectivity index (χ4v) is 1.39. The number of aromatic nitrogens is 2. The van der Waals surface area contributed by atoms with Crippen LogP contribution in [0.15, 0.2) is 6.07 Å². The number of carbonyl (C=O) groups is 1. The van der Waals surface area contributed by atoms with E-state index in [1.165, 1.54) is 12.6 Å². The minimum absolute atomic E-state index is 0.0263. The summed E-state index contributed by atoms with van der Waals surface area (Å²) in [6.45, 7) is 7.13. The number of rotatable bonds is 4. The monoisotopic (exact) mass is 195 g/mol. The van der Waals surface area contributed by atoms with Gasteiger partial charge in [0.25, 0.3) is 0 Å². The molecule has 1 aromatic rings. The molecule has 0 aliphatic heterocycles. The molecule has 0 saturated carbocycles. The predicted octanol–water partition coefficient (Wildman–Crippen LogP) is 1.03. The van der Waals surface area contributed by atoms with Gasteiger partial charge < -0.3 is 5.32 Å². The Morgan fingerprint density at radius 1 is 1.57 bits per heavy atom. The molecule has 1 aromatic heterocycles. The zero-order chi connectivity index (χ0) is 10.6. The van der Waals surface area contributed by atoms with Crippen molar-refractivity contribution in [2.45, 2.75) is 33.7 Å². The highest BCUT2D eigenvalue weighted by molar-refractivity contribution is 5.72. The molecule has 14 heavy (non-hydrogen) atoms. The van der Waals surface area contributed by atoms with E-state index in [-0.39, 0.29) is 5.91 Å². The molecule has 78 valence electrons. The highest BCUT2D eigenvalue weighted by Crippen LogP contribution is 2.01. The molecule has 1 N–H and O–H groups in total. The third kappa shape index (κ3) is 3.20. The van der Waals surface area contributed by atoms with Crippen LogP contribution in [0, 0.1) is 13.8 Å². The Bertz CT molecular complexity index is 317. The van der Waals surface area contributed by atoms with Gasteiger partial charge in [0, 0.05) is 25.7 Å². The first kappa shape index (κ1) is 10.8. The topological polar surface area (TPSA) is 46.9 Å². The van der Waals surface area contributed by atoms with Gasteiger partial charge in [-0.1, -0.05) is 0 Å². The summed E-state index contributed by atoms with van der Waals surface area (Å²) in [6, 6.07) is 2.05. The van der Waals surface area contributed by atoms with E-state index < -0.39 is 0 Å². The number of carbonyl (C=O) groups excluding carboxylic acids is 1. The van der Waals surface area contributed by atoms with Crippen LogP contribution in [-0.2, 0) is 11.3 Å². The second-order valence-corrected chi connectivity index (χ2v) is 3.49. The number of aryl methyl sites for hydroxylation is 3. The minimum Gasteiger partial charge on any atom is -0.356 e. The largest absolute Gasteiger partial charge is 0.356 e. The standard InChI is InChI=1S/C10H17N3O/c1-8-7-9(2)13(12-8)6-4-5-11-10(3)14/h7H,4-6H2,1-3H3,(H,11,14). The Balaban J connectivity index is 2.31. The molecule has 0 aliphatic carbocycles. The molecular weight excluding hydrogens is 178 g/mol. The van der Waals surface area contributed by atoms with Crippen molar-refractivity contribution in [2.24, 2.45) is 0 Å². The number of nitrogens with one attached hydrogen (secondary N) is 1. The lowest BCUT2D eigenvalue weighted by Gasteiger charge is -2.04. The third-order valence-electron chi connectivity index (χ3n) is 2.02. The van der Waals surface area contributed by atoms with E-state index in [0.29, 0.717) is 6.54 Å². The minimum atomic E-state index is 0.0263. The summed E-state index contributed by atoms with van der Waals surface area (Å²) in [5.74, 6) is 0.0263. The Hall–Kier alpha value is -1.32. The molecule has 0 saturated heterocycles. The van der Waals surface area contributed by atoms with Gasteiger partial charge in [-0.05, 0) is 26.3 Å². The molecule has 1 amide bonds. The van der Waals surface area contributed by atoms with Crippen molar-refractivity contribution in [3.05, 3.63) is 17.5 Å². The lowest BCUT2D eigenvalue weighted by Crippen LogP contribution is -2.22. The average molecular weight is 195 g/mol. The molecular formula is C10H17N3O. The number of amides is 1. The van der Waals surface area contributed by atoms with E-state index in [0.717, 1.165) is 18.7 Å². The summed E-state index contributed by atoms with van der Waals surface area (Å²) in [7, 11) is 0. The van der Waals surface area contributed by atoms with E-state index in [1.54, 1.807) is 0 Å². The van der Waals surface area contributed by atoms with Gasteiger partial charge >= 0.3 is 0 Å². The van der Waals surface area contributed by atoms with Crippen molar-refractivity contribution in [3.8, 4) is 0 Å². The molecule has 1 heterocycles. The summed E-state index contributed by atoms with van der Waals surface area (Å²) in [5, 5.41) is 7.09. The molecule has 0 bridgehead atoms. The maximum Gasteiger partial charge on any atom is 0.216 e. The van der Waals surface area contributed by atoms with E-state index >= 15 is 0 Å². The van der Waals surface area contributed by atoms with Crippen LogP contribution in [-0.4, -0.2) is 22.2 Å². The van der Waals surface area contributed by atoms with E-state index in [4.69, 9.17) is 0 Å². The number of hydrogen-bond acceptors (Lipinski definition) is 2. The summed E-state index contributed by atoms with van der Waals surface area (Å²) in [6.07, 6.45) is 0.918. The van der Waals surface area contributed by atoms with E-state index in [9.17, 15) is 4.79 Å². The maximum atomic E-state index is 10.6. The van der Waals surface area contributed by atoms with Gasteiger partial charge in [-0.3, -0.25) is 9.48 Å². The highest BCUT2D eigenvalue weighted by atomic mass is 16.1. The van der Waals surface area contributed by atoms with Gasteiger partial charge in [0.15, 0.2) is 0 Å². The van der Waals surface area contributed by atoms with Crippen molar-refractivity contribution in [1.29, 1.82) is 0 Å². The maximum absolute atomic E-state index is 10.6. The average Bonchev–Trinajstić information content (AvgIpc) is 2.39. The van der Waals surface area contributed by atoms with Crippen molar-refractivity contribution in [1.82, 2.24) is 15.1 Å². The van der Waals surface area contributed by atoms with Crippen LogP contribution < -0.4 is 5.32 Å². The molecule has 0 unspecified atom stereocenters. The van der Waals surface area contributed by atoms with Gasteiger partial charge in [0.05, 0.1) is 5.69 Å². The van der Waals surface area contributed by atoms with Gasteiger partial charge in [-0.2, -0.15) is 5.10 Å². The van der Waals surface area contributed by atoms with Crippen LogP contribution in [0.2, 0.25) is 0 Å². The summed E-state index contributed by atoms with van der Waals surface area (Å²) in [5.41, 5.74) is 2.22. The summed E-state index contributed by atoms with van der Waals surface area (Å²) < 4.78 is 1.97. The third-order valence-corrected chi connectivity index (χ3v) is 2.02. The summed E-state index contributed by atoms with van der Waals surface area (Å²) in [4.78, 5) is 10.6. The van der Waals surface area contributed by atoms with Gasteiger partial charge in [-0.25, -0.2) is 0 Å². The fraction of sp³-hybridized carbons (Fsp3) is 0.600. The highest BCUT2D eigenvalue weighted by Gasteiger charge is 1.99. The van der Waals surface area contributed by atoms with Gasteiger partial charge in [0.1, 0.15) is 0 Å². The summed E-state index contributed by atoms with van der Waals surface area (Å²) >= 11 is 0. The molecule has 4 nitrogen and oxygen atoms in total. The van der Waals surface area contributed by atoms with Gasteiger partial charge in [0.2, 0.25) is 5.91 Å². The lowest BCUT2D eigenvalue weighted by atomic mass is 10.4. The quantitative estimate of drug-likeness (QED) is 0.729. The molecule has 0 radical (unpaired) electrons. The van der Waals surface area contributed by atoms with E-state index in [1.807, 2.05) is 18.5 Å². The van der Waals surface area contributed by atoms with Crippen LogP contribution in [0.1, 0.15) is 24.7 Å². The van der Waals surface area contributed by atoms with Crippen LogP contribution in [0.3, 0.4) is 0 Å². The molecule has 1 rings (SSSR count). The molecule has 0 atom stereocenters. The molecule has 0 spiro atoms. The first-order valence-corrected chi connectivity index (χ1v) is 4.85. The second-order valence-electron chi connectivity index (χ2n) is 3.49. The molecule has 0 aliphatic rings. The number of nitrogens with zero attached hydrogens (tertiary/aromatic N) is 2. The van der Waals surface area contributed by atoms with Crippen LogP contribution >= 0.6 is 0 Å². The Labute approximate surface area is 84.3 Å². The van der Waals surface area contributed by atoms with Crippen LogP contribution in [0.4, 0.5) is 0 Å². The Morgan fingerprint density at radius 3 is 2.79 bits per heavy atom. The zero-order valence-electron chi connectivity index (χ0n) is 9.00. The molecule has 4 heteroatoms. The van der Waals surface area contributed by atoms with Crippen molar-refractivity contribution in [3.63, 3.8) is 0 Å². The second kappa shape index (κ2) is 4.79. The van der Waals surface area contributed by atoms with Crippen LogP contribution in [0.25, 0.3) is 0 Å². The van der Waals surface area contributed by atoms with Crippen molar-refractivity contribution >= 4 is 5.91 Å². The first-order valence-electron chi connectivity index (χ1n) is 4.85. The van der Waals surface area contributed by atoms with Crippen molar-refractivity contribution < 1.29 is 4.79 Å². The number of hydrogen-bond donors (Lipinski definition) is 1. The SMILES string of the molecule is CC(=O)NCCCn1nc(C)cc1C. The van der Waals surface area contributed by atoms with Crippen LogP contribution in [0.5, 0.6) is 0 Å². The Morgan fingerprint density at radius 2 is 2.29 bits per heavy atom. The predicted molar refractivity (Wildman–Crippen MR) is 55.0 cm³/mol. The van der Waals surface area contributed by atoms with E-state index in [2.05, 4.69) is 16.5 Å². The first-order chi connectivity index (χ1) is 6.59. The Kier molecular flexibility index (Phi) is 3.68. The molecule has 0 fully saturated rings. The smallest absolute Gasteiger partial charge is 0.216 e.